The molecule has 3 saturated carbocycles. The average molecular weight is 367 g/mol. The molecular weight excluding hydrogens is 338 g/mol. The normalized spacial score (nSPS) is 44.7. The second kappa shape index (κ2) is 5.83. The van der Waals surface area contributed by atoms with E-state index in [-0.39, 0.29) is 11.4 Å². The molecule has 4 nitrogen and oxygen atoms in total. The van der Waals surface area contributed by atoms with Crippen LogP contribution in [0.25, 0.3) is 0 Å². The summed E-state index contributed by atoms with van der Waals surface area (Å²) in [6.45, 7) is 5.31. The summed E-state index contributed by atoms with van der Waals surface area (Å²) in [6, 6.07) is 0. The van der Waals surface area contributed by atoms with E-state index in [4.69, 9.17) is 4.74 Å². The number of carbonyl (C=O) groups is 1. The molecule has 4 aliphatic carbocycles. The largest absolute Gasteiger partial charge is 0.458 e. The molecule has 0 aromatic heterocycles. The number of nitrogens with zero attached hydrogens (tertiary/aromatic N) is 1. The predicted octanol–water partition coefficient (Wildman–Crippen LogP) is 4.80. The molecule has 3 fully saturated rings. The van der Waals surface area contributed by atoms with E-state index in [0.29, 0.717) is 23.9 Å². The lowest BCUT2D eigenvalue weighted by Gasteiger charge is -2.58. The predicted molar refractivity (Wildman–Crippen MR) is 103 cm³/mol. The van der Waals surface area contributed by atoms with E-state index in [0.717, 1.165) is 42.9 Å². The van der Waals surface area contributed by atoms with Crippen LogP contribution >= 0.6 is 0 Å². The third-order valence-corrected chi connectivity index (χ3v) is 8.69. The molecule has 27 heavy (non-hydrogen) atoms. The maximum atomic E-state index is 11.6. The molecule has 4 heteroatoms. The van der Waals surface area contributed by atoms with Crippen molar-refractivity contribution < 1.29 is 14.7 Å². The number of hydrogen-bond donors (Lipinski definition) is 1. The average Bonchev–Trinajstić information content (AvgIpc) is 3.23. The maximum absolute atomic E-state index is 11.6. The Labute approximate surface area is 161 Å². The molecule has 1 heterocycles. The first-order valence-electron chi connectivity index (χ1n) is 10.5. The molecule has 1 N–H and O–H groups in total. The van der Waals surface area contributed by atoms with Crippen LogP contribution in [0.1, 0.15) is 58.8 Å². The molecule has 0 aromatic carbocycles. The lowest BCUT2D eigenvalue weighted by Crippen LogP contribution is -2.51. The van der Waals surface area contributed by atoms with Crippen molar-refractivity contribution in [3.8, 4) is 0 Å². The molecule has 5 atom stereocenters. The van der Waals surface area contributed by atoms with Gasteiger partial charge in [-0.25, -0.2) is 4.79 Å². The van der Waals surface area contributed by atoms with Gasteiger partial charge in [-0.1, -0.05) is 36.7 Å². The number of carbonyl (C=O) groups excluding carboxylic acids is 1. The first-order valence-corrected chi connectivity index (χ1v) is 10.5. The summed E-state index contributed by atoms with van der Waals surface area (Å²) in [5, 5.41) is 12.8. The van der Waals surface area contributed by atoms with Crippen molar-refractivity contribution in [1.29, 1.82) is 0 Å². The number of oxime groups is 1. The van der Waals surface area contributed by atoms with Gasteiger partial charge in [0.25, 0.3) is 0 Å². The zero-order valence-corrected chi connectivity index (χ0v) is 16.3. The van der Waals surface area contributed by atoms with Gasteiger partial charge in [0, 0.05) is 17.1 Å². The minimum Gasteiger partial charge on any atom is -0.458 e. The number of allylic oxidation sites excluding steroid dienone is 3. The zero-order valence-electron chi connectivity index (χ0n) is 16.3. The van der Waals surface area contributed by atoms with Crippen molar-refractivity contribution in [1.82, 2.24) is 0 Å². The van der Waals surface area contributed by atoms with Gasteiger partial charge in [-0.2, -0.15) is 0 Å². The van der Waals surface area contributed by atoms with Crippen molar-refractivity contribution in [2.75, 3.05) is 6.61 Å². The number of cyclic esters (lactones) is 1. The molecule has 0 saturated heterocycles. The van der Waals surface area contributed by atoms with E-state index < -0.39 is 0 Å². The molecular formula is C23H29NO3. The highest BCUT2D eigenvalue weighted by Crippen LogP contribution is 2.65. The number of ether oxygens (including phenoxy) is 1. The van der Waals surface area contributed by atoms with Crippen LogP contribution < -0.4 is 0 Å². The minimum absolute atomic E-state index is 0.0660. The van der Waals surface area contributed by atoms with Crippen molar-refractivity contribution >= 4 is 11.7 Å². The Kier molecular flexibility index (Phi) is 3.73. The summed E-state index contributed by atoms with van der Waals surface area (Å²) in [4.78, 5) is 11.6. The lowest BCUT2D eigenvalue weighted by molar-refractivity contribution is -0.134. The van der Waals surface area contributed by atoms with Gasteiger partial charge in [-0.15, -0.1) is 0 Å². The molecule has 144 valence electrons. The molecule has 1 aliphatic heterocycles. The van der Waals surface area contributed by atoms with Crippen molar-refractivity contribution in [3.63, 3.8) is 0 Å². The minimum atomic E-state index is -0.201. The van der Waals surface area contributed by atoms with Gasteiger partial charge in [-0.05, 0) is 73.7 Å². The smallest absolute Gasteiger partial charge is 0.331 e. The van der Waals surface area contributed by atoms with Crippen molar-refractivity contribution in [2.24, 2.45) is 33.7 Å². The fraction of sp³-hybridized carbons (Fsp3) is 0.652. The molecule has 0 amide bonds. The number of fused-ring (bicyclic) bond motifs is 5. The van der Waals surface area contributed by atoms with E-state index in [1.54, 1.807) is 11.6 Å². The van der Waals surface area contributed by atoms with Crippen LogP contribution in [0.15, 0.2) is 40.1 Å². The van der Waals surface area contributed by atoms with Gasteiger partial charge in [0.15, 0.2) is 0 Å². The van der Waals surface area contributed by atoms with Gasteiger partial charge in [0.2, 0.25) is 0 Å². The second-order valence-electron chi connectivity index (χ2n) is 9.71. The highest BCUT2D eigenvalue weighted by atomic mass is 16.5. The lowest BCUT2D eigenvalue weighted by atomic mass is 9.46. The molecule has 0 bridgehead atoms. The maximum Gasteiger partial charge on any atom is 0.331 e. The van der Waals surface area contributed by atoms with Gasteiger partial charge >= 0.3 is 5.97 Å². The Bertz CT molecular complexity index is 819. The van der Waals surface area contributed by atoms with Gasteiger partial charge in [-0.3, -0.25) is 0 Å². The van der Waals surface area contributed by atoms with E-state index in [1.807, 2.05) is 0 Å². The van der Waals surface area contributed by atoms with Gasteiger partial charge in [0.05, 0.1) is 5.71 Å². The third kappa shape index (κ3) is 2.34. The SMILES string of the molecule is C[C@]12CC[C@H]3[C@H](CC[C@@H]4CC(=NO)CC[C@@]43C)C1=CC=C2C1=CC(=O)OC1. The Balaban J connectivity index is 1.43. The van der Waals surface area contributed by atoms with Crippen LogP contribution in [0.5, 0.6) is 0 Å². The number of esters is 1. The second-order valence-corrected chi connectivity index (χ2v) is 9.71. The van der Waals surface area contributed by atoms with E-state index in [2.05, 4.69) is 31.2 Å². The van der Waals surface area contributed by atoms with Crippen LogP contribution in [0.2, 0.25) is 0 Å². The Morgan fingerprint density at radius 2 is 2.04 bits per heavy atom. The summed E-state index contributed by atoms with van der Waals surface area (Å²) < 4.78 is 5.19. The quantitative estimate of drug-likeness (QED) is 0.411. The van der Waals surface area contributed by atoms with E-state index in [1.165, 1.54) is 24.8 Å². The first kappa shape index (κ1) is 17.3. The highest BCUT2D eigenvalue weighted by molar-refractivity contribution is 5.87. The summed E-state index contributed by atoms with van der Waals surface area (Å²) >= 11 is 0. The molecule has 5 aliphatic rings. The molecule has 0 aromatic rings. The molecule has 0 spiro atoms. The van der Waals surface area contributed by atoms with Crippen molar-refractivity contribution in [3.05, 3.63) is 34.9 Å². The standard InChI is InChI=1S/C23H29NO3/c1-22-9-7-16(24-26)12-15(22)3-4-17-19-6-5-18(14-11-21(25)27-13-14)23(19,2)10-8-20(17)22/h5-6,11,15,17,20,26H,3-4,7-10,12-13H2,1-2H3/t15-,17-,20+,22+,23-/m1/s1. The zero-order chi connectivity index (χ0) is 18.8. The number of rotatable bonds is 1. The van der Waals surface area contributed by atoms with Crippen LogP contribution in [0.4, 0.5) is 0 Å². The van der Waals surface area contributed by atoms with Crippen LogP contribution in [-0.2, 0) is 9.53 Å². The van der Waals surface area contributed by atoms with E-state index >= 15 is 0 Å². The summed E-state index contributed by atoms with van der Waals surface area (Å²) in [6.07, 6.45) is 14.2. The summed E-state index contributed by atoms with van der Waals surface area (Å²) in [5.41, 5.74) is 5.40. The summed E-state index contributed by atoms with van der Waals surface area (Å²) in [5.74, 6) is 1.82. The summed E-state index contributed by atoms with van der Waals surface area (Å²) in [7, 11) is 0. The fourth-order valence-electron chi connectivity index (χ4n) is 7.14. The van der Waals surface area contributed by atoms with Crippen molar-refractivity contribution in [2.45, 2.75) is 58.8 Å². The topological polar surface area (TPSA) is 58.9 Å². The fourth-order valence-corrected chi connectivity index (χ4v) is 7.14. The molecule has 0 unspecified atom stereocenters. The number of hydrogen-bond acceptors (Lipinski definition) is 4. The van der Waals surface area contributed by atoms with Crippen LogP contribution in [-0.4, -0.2) is 23.5 Å². The Hall–Kier alpha value is -1.84. The third-order valence-electron chi connectivity index (χ3n) is 8.69. The van der Waals surface area contributed by atoms with Gasteiger partial charge in [0.1, 0.15) is 6.61 Å². The molecule has 0 radical (unpaired) electrons. The molecule has 5 rings (SSSR count). The van der Waals surface area contributed by atoms with Crippen LogP contribution in [0.3, 0.4) is 0 Å². The Morgan fingerprint density at radius 1 is 1.19 bits per heavy atom. The highest BCUT2D eigenvalue weighted by Gasteiger charge is 2.56. The monoisotopic (exact) mass is 367 g/mol. The first-order chi connectivity index (χ1) is 13.0. The van der Waals surface area contributed by atoms with E-state index in [9.17, 15) is 10.0 Å². The Morgan fingerprint density at radius 3 is 2.78 bits per heavy atom. The van der Waals surface area contributed by atoms with Gasteiger partial charge < -0.3 is 9.94 Å². The van der Waals surface area contributed by atoms with Crippen LogP contribution in [0, 0.1) is 28.6 Å².